The van der Waals surface area contributed by atoms with Gasteiger partial charge in [0.1, 0.15) is 11.4 Å². The van der Waals surface area contributed by atoms with E-state index in [-0.39, 0.29) is 0 Å². The first-order valence-electron chi connectivity index (χ1n) is 5.52. The van der Waals surface area contributed by atoms with Gasteiger partial charge in [-0.2, -0.15) is 0 Å². The molecule has 0 saturated carbocycles. The highest BCUT2D eigenvalue weighted by Gasteiger charge is 2.11. The lowest BCUT2D eigenvalue weighted by Crippen LogP contribution is -2.11. The second kappa shape index (κ2) is 5.25. The van der Waals surface area contributed by atoms with Gasteiger partial charge in [0.15, 0.2) is 0 Å². The van der Waals surface area contributed by atoms with Crippen molar-refractivity contribution in [3.63, 3.8) is 0 Å². The summed E-state index contributed by atoms with van der Waals surface area (Å²) in [5, 5.41) is 0. The van der Waals surface area contributed by atoms with Gasteiger partial charge < -0.3 is 4.74 Å². The molecule has 0 unspecified atom stereocenters. The summed E-state index contributed by atoms with van der Waals surface area (Å²) in [5.74, 6) is 0.178. The van der Waals surface area contributed by atoms with Crippen LogP contribution in [0.3, 0.4) is 0 Å². The van der Waals surface area contributed by atoms with Crippen molar-refractivity contribution in [2.75, 3.05) is 0 Å². The van der Waals surface area contributed by atoms with Gasteiger partial charge in [0, 0.05) is 6.20 Å². The van der Waals surface area contributed by atoms with Gasteiger partial charge >= 0.3 is 5.97 Å². The normalized spacial score (nSPS) is 9.94. The number of carbonyl (C=O) groups is 1. The molecule has 0 amide bonds. The number of hydrogen-bond acceptors (Lipinski definition) is 3. The molecule has 0 aliphatic heterocycles. The molecule has 1 aromatic heterocycles. The Morgan fingerprint density at radius 1 is 1.18 bits per heavy atom. The van der Waals surface area contributed by atoms with Crippen LogP contribution in [0.5, 0.6) is 5.75 Å². The van der Waals surface area contributed by atoms with E-state index in [2.05, 4.69) is 4.98 Å². The fourth-order valence-electron chi connectivity index (χ4n) is 1.53. The lowest BCUT2D eigenvalue weighted by molar-refractivity contribution is 0.0727. The zero-order valence-corrected chi connectivity index (χ0v) is 9.59. The molecule has 0 spiro atoms. The molecule has 0 saturated heterocycles. The average Bonchev–Trinajstić information content (AvgIpc) is 2.40. The van der Waals surface area contributed by atoms with Crippen LogP contribution in [0.1, 0.15) is 23.0 Å². The molecule has 1 aromatic carbocycles. The van der Waals surface area contributed by atoms with Crippen LogP contribution >= 0.6 is 0 Å². The summed E-state index contributed by atoms with van der Waals surface area (Å²) in [6.07, 6.45) is 2.40. The molecule has 0 aliphatic carbocycles. The highest BCUT2D eigenvalue weighted by molar-refractivity contribution is 5.89. The lowest BCUT2D eigenvalue weighted by atomic mass is 10.1. The molecule has 17 heavy (non-hydrogen) atoms. The predicted molar refractivity (Wildman–Crippen MR) is 65.0 cm³/mol. The first kappa shape index (κ1) is 11.3. The number of aromatic nitrogens is 1. The van der Waals surface area contributed by atoms with E-state index in [1.54, 1.807) is 30.5 Å². The van der Waals surface area contributed by atoms with Gasteiger partial charge in [0.05, 0.1) is 0 Å². The summed E-state index contributed by atoms with van der Waals surface area (Å²) < 4.78 is 5.32. The minimum atomic E-state index is -0.425. The van der Waals surface area contributed by atoms with Gasteiger partial charge in [0.2, 0.25) is 0 Å². The third-order valence-electron chi connectivity index (χ3n) is 2.43. The second-order valence-electron chi connectivity index (χ2n) is 3.57. The van der Waals surface area contributed by atoms with E-state index in [0.717, 1.165) is 12.0 Å². The summed E-state index contributed by atoms with van der Waals surface area (Å²) in [4.78, 5) is 15.8. The maximum atomic E-state index is 11.8. The Labute approximate surface area is 100 Å². The van der Waals surface area contributed by atoms with Crippen molar-refractivity contribution in [1.29, 1.82) is 0 Å². The highest BCUT2D eigenvalue weighted by atomic mass is 16.5. The van der Waals surface area contributed by atoms with E-state index < -0.39 is 5.97 Å². The Kier molecular flexibility index (Phi) is 3.50. The van der Waals surface area contributed by atoms with Gasteiger partial charge in [-0.05, 0) is 30.2 Å². The summed E-state index contributed by atoms with van der Waals surface area (Å²) in [6.45, 7) is 2.02. The highest BCUT2D eigenvalue weighted by Crippen LogP contribution is 2.19. The fraction of sp³-hybridized carbons (Fsp3) is 0.143. The Balaban J connectivity index is 2.19. The predicted octanol–water partition coefficient (Wildman–Crippen LogP) is 2.86. The van der Waals surface area contributed by atoms with Crippen molar-refractivity contribution in [3.05, 3.63) is 59.9 Å². The number of ether oxygens (including phenoxy) is 1. The van der Waals surface area contributed by atoms with E-state index in [0.29, 0.717) is 11.4 Å². The van der Waals surface area contributed by atoms with Crippen LogP contribution in [-0.2, 0) is 6.42 Å². The molecule has 2 rings (SSSR count). The van der Waals surface area contributed by atoms with Crippen molar-refractivity contribution in [2.45, 2.75) is 13.3 Å². The second-order valence-corrected chi connectivity index (χ2v) is 3.57. The number of carbonyl (C=O) groups excluding carboxylic acids is 1. The van der Waals surface area contributed by atoms with Gasteiger partial charge in [-0.25, -0.2) is 9.78 Å². The molecular weight excluding hydrogens is 214 g/mol. The number of pyridine rings is 1. The third kappa shape index (κ3) is 2.69. The summed E-state index contributed by atoms with van der Waals surface area (Å²) in [7, 11) is 0. The Hall–Kier alpha value is -2.16. The Morgan fingerprint density at radius 3 is 2.65 bits per heavy atom. The topological polar surface area (TPSA) is 39.2 Å². The first-order valence-corrected chi connectivity index (χ1v) is 5.52. The molecule has 0 radical (unpaired) electrons. The number of esters is 1. The van der Waals surface area contributed by atoms with Gasteiger partial charge in [-0.1, -0.05) is 31.2 Å². The van der Waals surface area contributed by atoms with Crippen molar-refractivity contribution in [3.8, 4) is 5.75 Å². The van der Waals surface area contributed by atoms with Crippen molar-refractivity contribution in [1.82, 2.24) is 4.98 Å². The molecule has 0 N–H and O–H groups in total. The van der Waals surface area contributed by atoms with Gasteiger partial charge in [0.25, 0.3) is 0 Å². The molecule has 3 heteroatoms. The van der Waals surface area contributed by atoms with Crippen LogP contribution in [0.4, 0.5) is 0 Å². The monoisotopic (exact) mass is 227 g/mol. The minimum absolute atomic E-state index is 0.318. The van der Waals surface area contributed by atoms with Crippen LogP contribution in [0.2, 0.25) is 0 Å². The summed E-state index contributed by atoms with van der Waals surface area (Å²) in [5.41, 5.74) is 1.33. The average molecular weight is 227 g/mol. The van der Waals surface area contributed by atoms with Gasteiger partial charge in [-0.3, -0.25) is 0 Å². The van der Waals surface area contributed by atoms with Crippen molar-refractivity contribution < 1.29 is 9.53 Å². The van der Waals surface area contributed by atoms with E-state index in [9.17, 15) is 4.79 Å². The van der Waals surface area contributed by atoms with Crippen molar-refractivity contribution >= 4 is 5.97 Å². The number of nitrogens with zero attached hydrogens (tertiary/aromatic N) is 1. The molecule has 3 nitrogen and oxygen atoms in total. The van der Waals surface area contributed by atoms with Crippen LogP contribution in [0.15, 0.2) is 48.7 Å². The summed E-state index contributed by atoms with van der Waals surface area (Å²) in [6, 6.07) is 12.7. The third-order valence-corrected chi connectivity index (χ3v) is 2.43. The summed E-state index contributed by atoms with van der Waals surface area (Å²) >= 11 is 0. The fourth-order valence-corrected chi connectivity index (χ4v) is 1.53. The minimum Gasteiger partial charge on any atom is -0.422 e. The van der Waals surface area contributed by atoms with Crippen LogP contribution in [0.25, 0.3) is 0 Å². The number of rotatable bonds is 3. The smallest absolute Gasteiger partial charge is 0.362 e. The Morgan fingerprint density at radius 2 is 1.94 bits per heavy atom. The molecular formula is C14H13NO2. The SMILES string of the molecule is CCc1ccccc1OC(=O)c1ccccn1. The standard InChI is InChI=1S/C14H13NO2/c1-2-11-7-3-4-9-13(11)17-14(16)12-8-5-6-10-15-12/h3-10H,2H2,1H3. The van der Waals surface area contributed by atoms with Crippen molar-refractivity contribution in [2.24, 2.45) is 0 Å². The quantitative estimate of drug-likeness (QED) is 0.598. The van der Waals surface area contributed by atoms with Gasteiger partial charge in [-0.15, -0.1) is 0 Å². The largest absolute Gasteiger partial charge is 0.422 e. The lowest BCUT2D eigenvalue weighted by Gasteiger charge is -2.07. The van der Waals surface area contributed by atoms with E-state index in [1.807, 2.05) is 25.1 Å². The molecule has 2 aromatic rings. The molecule has 1 heterocycles. The van der Waals surface area contributed by atoms with E-state index in [1.165, 1.54) is 0 Å². The zero-order chi connectivity index (χ0) is 12.1. The zero-order valence-electron chi connectivity index (χ0n) is 9.59. The molecule has 0 aliphatic rings. The number of para-hydroxylation sites is 1. The maximum absolute atomic E-state index is 11.8. The Bertz CT molecular complexity index is 509. The van der Waals surface area contributed by atoms with Crippen LogP contribution in [0, 0.1) is 0 Å². The molecule has 0 fully saturated rings. The number of hydrogen-bond donors (Lipinski definition) is 0. The van der Waals surface area contributed by atoms with Crippen LogP contribution in [-0.4, -0.2) is 11.0 Å². The van der Waals surface area contributed by atoms with E-state index >= 15 is 0 Å². The first-order chi connectivity index (χ1) is 8.31. The molecule has 86 valence electrons. The number of benzene rings is 1. The molecule has 0 bridgehead atoms. The van der Waals surface area contributed by atoms with Crippen LogP contribution < -0.4 is 4.74 Å². The number of aryl methyl sites for hydroxylation is 1. The molecule has 0 atom stereocenters. The van der Waals surface area contributed by atoms with E-state index in [4.69, 9.17) is 4.74 Å². The maximum Gasteiger partial charge on any atom is 0.362 e.